The smallest absolute Gasteiger partial charge is 0.337 e. The number of benzene rings is 3. The van der Waals surface area contributed by atoms with Gasteiger partial charge in [-0.3, -0.25) is 19.7 Å². The lowest BCUT2D eigenvalue weighted by Crippen LogP contribution is -2.29. The number of carboxylic acids is 1. The number of nitro benzene ring substituents is 1. The summed E-state index contributed by atoms with van der Waals surface area (Å²) in [5, 5.41) is 23.7. The topological polar surface area (TPSA) is 130 Å². The van der Waals surface area contributed by atoms with Crippen LogP contribution >= 0.6 is 0 Å². The Hall–Kier alpha value is -4.53. The molecule has 0 atom stereocenters. The van der Waals surface area contributed by atoms with Crippen molar-refractivity contribution in [1.29, 1.82) is 0 Å². The van der Waals surface area contributed by atoms with Gasteiger partial charge in [0.2, 0.25) is 0 Å². The molecule has 0 radical (unpaired) electrons. The number of nitro groups is 1. The van der Waals surface area contributed by atoms with E-state index in [1.807, 2.05) is 0 Å². The number of hydrogen-bond acceptors (Lipinski definition) is 6. The van der Waals surface area contributed by atoms with Crippen molar-refractivity contribution >= 4 is 40.5 Å². The highest BCUT2D eigenvalue weighted by Gasteiger charge is 2.37. The second kappa shape index (κ2) is 7.13. The van der Waals surface area contributed by atoms with Gasteiger partial charge in [0.05, 0.1) is 33.0 Å². The molecule has 2 amide bonds. The number of carbonyl (C=O) groups is 3. The summed E-state index contributed by atoms with van der Waals surface area (Å²) in [6.07, 6.45) is 0. The molecule has 0 fully saturated rings. The van der Waals surface area contributed by atoms with Gasteiger partial charge in [-0.1, -0.05) is 24.3 Å². The Morgan fingerprint density at radius 1 is 0.900 bits per heavy atom. The molecule has 9 heteroatoms. The normalized spacial score (nSPS) is 12.6. The number of para-hydroxylation sites is 1. The first-order valence-corrected chi connectivity index (χ1v) is 8.74. The van der Waals surface area contributed by atoms with Gasteiger partial charge in [0.15, 0.2) is 0 Å². The molecule has 9 nitrogen and oxygen atoms in total. The summed E-state index contributed by atoms with van der Waals surface area (Å²) >= 11 is 0. The molecule has 148 valence electrons. The van der Waals surface area contributed by atoms with Crippen molar-refractivity contribution < 1.29 is 24.4 Å². The van der Waals surface area contributed by atoms with Gasteiger partial charge in [-0.15, -0.1) is 0 Å². The van der Waals surface area contributed by atoms with E-state index in [9.17, 15) is 29.6 Å². The molecule has 0 bridgehead atoms. The van der Waals surface area contributed by atoms with Gasteiger partial charge in [-0.2, -0.15) is 0 Å². The Labute approximate surface area is 169 Å². The van der Waals surface area contributed by atoms with Crippen LogP contribution in [0.1, 0.15) is 31.1 Å². The zero-order valence-corrected chi connectivity index (χ0v) is 15.2. The third kappa shape index (κ3) is 3.04. The molecule has 3 aromatic rings. The van der Waals surface area contributed by atoms with Crippen LogP contribution in [0.3, 0.4) is 0 Å². The minimum absolute atomic E-state index is 0.0223. The average Bonchev–Trinajstić information content (AvgIpc) is 2.99. The van der Waals surface area contributed by atoms with Crippen LogP contribution in [0, 0.1) is 10.1 Å². The number of imide groups is 1. The van der Waals surface area contributed by atoms with Crippen molar-refractivity contribution in [1.82, 2.24) is 0 Å². The van der Waals surface area contributed by atoms with Crippen molar-refractivity contribution in [3.8, 4) is 0 Å². The third-order valence-corrected chi connectivity index (χ3v) is 4.66. The fourth-order valence-corrected chi connectivity index (χ4v) is 3.26. The number of aromatic carboxylic acids is 1. The Balaban J connectivity index is 1.74. The molecular weight excluding hydrogens is 390 g/mol. The van der Waals surface area contributed by atoms with Gasteiger partial charge < -0.3 is 10.4 Å². The highest BCUT2D eigenvalue weighted by atomic mass is 16.6. The SMILES string of the molecule is O=C(O)c1ccccc1Nc1ccc(N2C(=O)c3ccccc3C2=O)cc1[N+](=O)[O-]. The van der Waals surface area contributed by atoms with E-state index in [-0.39, 0.29) is 33.8 Å². The first kappa shape index (κ1) is 18.8. The molecule has 0 spiro atoms. The molecule has 0 saturated carbocycles. The number of amides is 2. The molecule has 2 N–H and O–H groups in total. The first-order chi connectivity index (χ1) is 14.4. The monoisotopic (exact) mass is 403 g/mol. The van der Waals surface area contributed by atoms with E-state index in [2.05, 4.69) is 5.32 Å². The minimum Gasteiger partial charge on any atom is -0.478 e. The summed E-state index contributed by atoms with van der Waals surface area (Å²) < 4.78 is 0. The van der Waals surface area contributed by atoms with Crippen LogP contribution in [-0.2, 0) is 0 Å². The minimum atomic E-state index is -1.19. The van der Waals surface area contributed by atoms with Crippen LogP contribution in [0.5, 0.6) is 0 Å². The number of rotatable bonds is 5. The van der Waals surface area contributed by atoms with E-state index in [4.69, 9.17) is 0 Å². The Bertz CT molecular complexity index is 1200. The van der Waals surface area contributed by atoms with E-state index in [0.29, 0.717) is 0 Å². The summed E-state index contributed by atoms with van der Waals surface area (Å²) in [7, 11) is 0. The van der Waals surface area contributed by atoms with Crippen molar-refractivity contribution in [2.75, 3.05) is 10.2 Å². The van der Waals surface area contributed by atoms with Gasteiger partial charge in [0, 0.05) is 6.07 Å². The Morgan fingerprint density at radius 2 is 1.50 bits per heavy atom. The van der Waals surface area contributed by atoms with E-state index in [1.54, 1.807) is 18.2 Å². The Kier molecular flexibility index (Phi) is 4.47. The lowest BCUT2D eigenvalue weighted by Gasteiger charge is -2.15. The summed E-state index contributed by atoms with van der Waals surface area (Å²) in [5.74, 6) is -2.33. The highest BCUT2D eigenvalue weighted by Crippen LogP contribution is 2.35. The van der Waals surface area contributed by atoms with Gasteiger partial charge in [0.25, 0.3) is 17.5 Å². The average molecular weight is 403 g/mol. The summed E-state index contributed by atoms with van der Waals surface area (Å²) in [6.45, 7) is 0. The highest BCUT2D eigenvalue weighted by molar-refractivity contribution is 6.34. The van der Waals surface area contributed by atoms with Crippen LogP contribution in [0.2, 0.25) is 0 Å². The van der Waals surface area contributed by atoms with Crippen molar-refractivity contribution in [2.45, 2.75) is 0 Å². The maximum absolute atomic E-state index is 12.6. The number of nitrogens with one attached hydrogen (secondary N) is 1. The second-order valence-corrected chi connectivity index (χ2v) is 6.43. The van der Waals surface area contributed by atoms with Crippen molar-refractivity contribution in [3.63, 3.8) is 0 Å². The van der Waals surface area contributed by atoms with E-state index in [0.717, 1.165) is 11.0 Å². The number of fused-ring (bicyclic) bond motifs is 1. The fraction of sp³-hybridized carbons (Fsp3) is 0. The van der Waals surface area contributed by atoms with E-state index in [1.165, 1.54) is 42.5 Å². The molecule has 0 saturated heterocycles. The fourth-order valence-electron chi connectivity index (χ4n) is 3.26. The third-order valence-electron chi connectivity index (χ3n) is 4.66. The summed E-state index contributed by atoms with van der Waals surface area (Å²) in [6, 6.07) is 16.1. The van der Waals surface area contributed by atoms with Crippen LogP contribution in [0.15, 0.2) is 66.7 Å². The maximum atomic E-state index is 12.6. The van der Waals surface area contributed by atoms with E-state index >= 15 is 0 Å². The van der Waals surface area contributed by atoms with Crippen molar-refractivity contribution in [2.24, 2.45) is 0 Å². The standard InChI is InChI=1S/C21H13N3O6/c25-19-13-5-1-2-6-14(13)20(26)23(19)12-9-10-17(18(11-12)24(29)30)22-16-8-4-3-7-15(16)21(27)28/h1-11,22H,(H,27,28). The predicted octanol–water partition coefficient (Wildman–Crippen LogP) is 3.84. The van der Waals surface area contributed by atoms with Crippen LogP contribution < -0.4 is 10.2 Å². The molecule has 4 rings (SSSR count). The molecule has 1 heterocycles. The molecule has 0 unspecified atom stereocenters. The predicted molar refractivity (Wildman–Crippen MR) is 107 cm³/mol. The molecule has 30 heavy (non-hydrogen) atoms. The van der Waals surface area contributed by atoms with E-state index < -0.39 is 28.4 Å². The molecule has 1 aliphatic heterocycles. The lowest BCUT2D eigenvalue weighted by molar-refractivity contribution is -0.383. The zero-order chi connectivity index (χ0) is 21.4. The van der Waals surface area contributed by atoms with Crippen LogP contribution in [0.4, 0.5) is 22.7 Å². The van der Waals surface area contributed by atoms with Crippen molar-refractivity contribution in [3.05, 3.63) is 93.5 Å². The zero-order valence-electron chi connectivity index (χ0n) is 15.2. The van der Waals surface area contributed by atoms with Crippen LogP contribution in [0.25, 0.3) is 0 Å². The molecule has 0 aliphatic carbocycles. The number of anilines is 3. The largest absolute Gasteiger partial charge is 0.478 e. The molecule has 3 aromatic carbocycles. The van der Waals surface area contributed by atoms with Gasteiger partial charge >= 0.3 is 5.97 Å². The number of carboxylic acid groups (broad SMARTS) is 1. The van der Waals surface area contributed by atoms with Crippen LogP contribution in [-0.4, -0.2) is 27.8 Å². The number of nitrogens with zero attached hydrogens (tertiary/aromatic N) is 2. The quantitative estimate of drug-likeness (QED) is 0.376. The maximum Gasteiger partial charge on any atom is 0.337 e. The summed E-state index contributed by atoms with van der Waals surface area (Å²) in [5.41, 5.74) is 0.214. The van der Waals surface area contributed by atoms with Gasteiger partial charge in [-0.05, 0) is 36.4 Å². The number of carbonyl (C=O) groups excluding carboxylic acids is 2. The summed E-state index contributed by atoms with van der Waals surface area (Å²) in [4.78, 5) is 48.5. The van der Waals surface area contributed by atoms with Gasteiger partial charge in [0.1, 0.15) is 5.69 Å². The Morgan fingerprint density at radius 3 is 2.10 bits per heavy atom. The number of hydrogen-bond donors (Lipinski definition) is 2. The van der Waals surface area contributed by atoms with Gasteiger partial charge in [-0.25, -0.2) is 9.69 Å². The molecule has 0 aromatic heterocycles. The molecular formula is C21H13N3O6. The second-order valence-electron chi connectivity index (χ2n) is 6.43. The first-order valence-electron chi connectivity index (χ1n) is 8.74. The molecule has 1 aliphatic rings. The lowest BCUT2D eigenvalue weighted by atomic mass is 10.1.